The van der Waals surface area contributed by atoms with Crippen molar-refractivity contribution in [2.75, 3.05) is 0 Å². The smallest absolute Gasteiger partial charge is 0.265 e. The molecule has 0 N–H and O–H groups in total. The van der Waals surface area contributed by atoms with Gasteiger partial charge in [0.15, 0.2) is 25.9 Å². The van der Waals surface area contributed by atoms with Crippen LogP contribution in [0.4, 0.5) is 0 Å². The first kappa shape index (κ1) is 25.4. The summed E-state index contributed by atoms with van der Waals surface area (Å²) in [6.07, 6.45) is 4.88. The average molecular weight is 597 g/mol. The van der Waals surface area contributed by atoms with Gasteiger partial charge in [-0.15, -0.1) is 22.7 Å². The number of nitrogens with zero attached hydrogens (tertiary/aromatic N) is 6. The summed E-state index contributed by atoms with van der Waals surface area (Å²) in [5.41, 5.74) is 1.87. The van der Waals surface area contributed by atoms with Crippen LogP contribution < -0.4 is 5.56 Å². The van der Waals surface area contributed by atoms with Gasteiger partial charge in [-0.25, -0.2) is 23.1 Å². The molecule has 0 saturated carbocycles. The molecule has 0 bridgehead atoms. The van der Waals surface area contributed by atoms with E-state index in [0.29, 0.717) is 43.6 Å². The molecule has 12 heteroatoms. The topological polar surface area (TPSA) is 113 Å². The van der Waals surface area contributed by atoms with Crippen molar-refractivity contribution < 1.29 is 8.42 Å². The summed E-state index contributed by atoms with van der Waals surface area (Å²) >= 11 is 2.59. The number of aromatic nitrogens is 6. The molecule has 41 heavy (non-hydrogen) atoms. The Balaban J connectivity index is 1.47. The van der Waals surface area contributed by atoms with Crippen molar-refractivity contribution in [3.05, 3.63) is 129 Å². The fourth-order valence-corrected chi connectivity index (χ4v) is 8.62. The van der Waals surface area contributed by atoms with Crippen molar-refractivity contribution in [1.82, 2.24) is 29.3 Å². The molecule has 0 amide bonds. The quantitative estimate of drug-likeness (QED) is 0.247. The van der Waals surface area contributed by atoms with E-state index < -0.39 is 15.1 Å². The maximum Gasteiger partial charge on any atom is 0.292 e. The monoisotopic (exact) mass is 596 g/mol. The third-order valence-electron chi connectivity index (χ3n) is 6.67. The molecule has 0 spiro atoms. The molecular weight excluding hydrogens is 577 g/mol. The zero-order valence-electron chi connectivity index (χ0n) is 21.2. The first-order chi connectivity index (χ1) is 20.0. The van der Waals surface area contributed by atoms with E-state index in [9.17, 15) is 13.2 Å². The molecule has 5 heterocycles. The molecule has 1 atom stereocenters. The number of benzene rings is 2. The van der Waals surface area contributed by atoms with Crippen molar-refractivity contribution in [3.63, 3.8) is 0 Å². The molecule has 0 aliphatic rings. The lowest BCUT2D eigenvalue weighted by Crippen LogP contribution is -2.24. The molecule has 7 rings (SSSR count). The lowest BCUT2D eigenvalue weighted by atomic mass is 10.2. The van der Waals surface area contributed by atoms with Crippen LogP contribution in [0.3, 0.4) is 0 Å². The summed E-state index contributed by atoms with van der Waals surface area (Å²) in [7, 11) is -3.92. The number of sulfone groups is 1. The number of hydrogen-bond donors (Lipinski definition) is 0. The van der Waals surface area contributed by atoms with Crippen LogP contribution in [0.2, 0.25) is 0 Å². The molecule has 5 aromatic heterocycles. The van der Waals surface area contributed by atoms with Crippen molar-refractivity contribution in [1.29, 1.82) is 0 Å². The van der Waals surface area contributed by atoms with Crippen molar-refractivity contribution in [3.8, 4) is 5.13 Å². The van der Waals surface area contributed by atoms with E-state index in [1.54, 1.807) is 71.7 Å². The van der Waals surface area contributed by atoms with Gasteiger partial charge in [-0.3, -0.25) is 14.3 Å². The molecule has 0 fully saturated rings. The third kappa shape index (κ3) is 4.36. The summed E-state index contributed by atoms with van der Waals surface area (Å²) < 4.78 is 31.8. The fraction of sp³-hybridized carbons (Fsp3) is 0.0690. The third-order valence-corrected chi connectivity index (χ3v) is 10.7. The first-order valence-electron chi connectivity index (χ1n) is 12.6. The zero-order valence-corrected chi connectivity index (χ0v) is 23.7. The highest BCUT2D eigenvalue weighted by Crippen LogP contribution is 2.41. The number of thiazole rings is 2. The molecule has 0 aliphatic heterocycles. The van der Waals surface area contributed by atoms with E-state index >= 15 is 0 Å². The minimum absolute atomic E-state index is 0.175. The van der Waals surface area contributed by atoms with E-state index in [4.69, 9.17) is 4.98 Å². The summed E-state index contributed by atoms with van der Waals surface area (Å²) in [6.45, 7) is 0.308. The van der Waals surface area contributed by atoms with Gasteiger partial charge in [0.05, 0.1) is 28.0 Å². The number of rotatable bonds is 7. The van der Waals surface area contributed by atoms with Gasteiger partial charge in [0.2, 0.25) is 0 Å². The van der Waals surface area contributed by atoms with E-state index in [1.807, 2.05) is 35.7 Å². The van der Waals surface area contributed by atoms with Crippen LogP contribution in [-0.2, 0) is 16.4 Å². The second-order valence-electron chi connectivity index (χ2n) is 9.20. The van der Waals surface area contributed by atoms with Crippen LogP contribution in [-0.4, -0.2) is 37.7 Å². The molecule has 202 valence electrons. The predicted octanol–water partition coefficient (Wildman–Crippen LogP) is 5.26. The van der Waals surface area contributed by atoms with Crippen LogP contribution in [0.5, 0.6) is 0 Å². The summed E-state index contributed by atoms with van der Waals surface area (Å²) in [5.74, 6) is 0. The minimum atomic E-state index is -3.92. The Bertz CT molecular complexity index is 2160. The van der Waals surface area contributed by atoms with Crippen LogP contribution in [0, 0.1) is 0 Å². The number of fused-ring (bicyclic) bond motifs is 3. The van der Waals surface area contributed by atoms with Crippen LogP contribution in [0.1, 0.15) is 21.5 Å². The van der Waals surface area contributed by atoms with Crippen LogP contribution >= 0.6 is 22.7 Å². The van der Waals surface area contributed by atoms with Crippen molar-refractivity contribution in [2.24, 2.45) is 0 Å². The Morgan fingerprint density at radius 2 is 1.63 bits per heavy atom. The van der Waals surface area contributed by atoms with Gasteiger partial charge < -0.3 is 0 Å². The Morgan fingerprint density at radius 3 is 2.34 bits per heavy atom. The molecule has 9 nitrogen and oxygen atoms in total. The zero-order chi connectivity index (χ0) is 28.0. The van der Waals surface area contributed by atoms with Gasteiger partial charge in [0.25, 0.3) is 5.56 Å². The van der Waals surface area contributed by atoms with E-state index in [2.05, 4.69) is 15.1 Å². The molecular formula is C29H20N6O3S3. The van der Waals surface area contributed by atoms with E-state index in [0.717, 1.165) is 5.56 Å². The predicted molar refractivity (Wildman–Crippen MR) is 159 cm³/mol. The molecule has 0 saturated heterocycles. The SMILES string of the molecule is O=c1c2c(cnn1Cc1ccccc1)c1sc(C(c3ccccn3)S(=O)(=O)c3ccccc3)nc1n2-c1nccs1. The van der Waals surface area contributed by atoms with Gasteiger partial charge in [-0.2, -0.15) is 5.10 Å². The normalized spacial score (nSPS) is 12.7. The average Bonchev–Trinajstić information content (AvgIpc) is 3.73. The van der Waals surface area contributed by atoms with E-state index in [-0.39, 0.29) is 10.5 Å². The Morgan fingerprint density at radius 1 is 0.878 bits per heavy atom. The molecule has 7 aromatic rings. The van der Waals surface area contributed by atoms with Gasteiger partial charge in [0.1, 0.15) is 10.5 Å². The standard InChI is InChI=1S/C29H20N6O3S3/c36-28-23-21(17-32-34(28)18-19-9-3-1-4-10-19)24-26(35(23)29-31-15-16-39-29)33-27(40-24)25(22-13-7-8-14-30-22)41(37,38)20-11-5-2-6-12-20/h1-17,25H,18H2. The van der Waals surface area contributed by atoms with Gasteiger partial charge in [-0.05, 0) is 29.8 Å². The largest absolute Gasteiger partial charge is 0.292 e. The maximum absolute atomic E-state index is 14.0. The maximum atomic E-state index is 14.0. The highest BCUT2D eigenvalue weighted by atomic mass is 32.2. The fourth-order valence-electron chi connectivity index (χ4n) is 4.81. The van der Waals surface area contributed by atoms with E-state index in [1.165, 1.54) is 27.4 Å². The Labute approximate surface area is 242 Å². The molecule has 0 aliphatic carbocycles. The highest BCUT2D eigenvalue weighted by Gasteiger charge is 2.36. The number of hydrogen-bond acceptors (Lipinski definition) is 9. The molecule has 2 aromatic carbocycles. The van der Waals surface area contributed by atoms with Gasteiger partial charge in [0, 0.05) is 23.2 Å². The van der Waals surface area contributed by atoms with Gasteiger partial charge >= 0.3 is 0 Å². The van der Waals surface area contributed by atoms with Gasteiger partial charge in [-0.1, -0.05) is 54.6 Å². The summed E-state index contributed by atoms with van der Waals surface area (Å²) in [5, 5.41) is 6.64. The molecule has 0 radical (unpaired) electrons. The summed E-state index contributed by atoms with van der Waals surface area (Å²) in [4.78, 5) is 27.8. The summed E-state index contributed by atoms with van der Waals surface area (Å²) in [6, 6.07) is 23.1. The lowest BCUT2D eigenvalue weighted by Gasteiger charge is -2.15. The highest BCUT2D eigenvalue weighted by molar-refractivity contribution is 7.92. The first-order valence-corrected chi connectivity index (χ1v) is 15.8. The van der Waals surface area contributed by atoms with Crippen LogP contribution in [0.15, 0.2) is 113 Å². The lowest BCUT2D eigenvalue weighted by molar-refractivity contribution is 0.588. The molecule has 1 unspecified atom stereocenters. The number of pyridine rings is 1. The van der Waals surface area contributed by atoms with Crippen molar-refractivity contribution in [2.45, 2.75) is 16.7 Å². The Kier molecular flexibility index (Phi) is 6.30. The minimum Gasteiger partial charge on any atom is -0.265 e. The van der Waals surface area contributed by atoms with Crippen molar-refractivity contribution >= 4 is 53.8 Å². The second kappa shape index (κ2) is 10.1. The van der Waals surface area contributed by atoms with Crippen LogP contribution in [0.25, 0.3) is 26.4 Å². The Hall–Kier alpha value is -4.52. The second-order valence-corrected chi connectivity index (χ2v) is 13.1.